The summed E-state index contributed by atoms with van der Waals surface area (Å²) < 4.78 is 0. The molecule has 142 valence electrons. The van der Waals surface area contributed by atoms with Crippen LogP contribution in [0.15, 0.2) is 47.8 Å². The quantitative estimate of drug-likeness (QED) is 0.390. The Morgan fingerprint density at radius 3 is 2.61 bits per heavy atom. The van der Waals surface area contributed by atoms with Gasteiger partial charge in [-0.3, -0.25) is 0 Å². The smallest absolute Gasteiger partial charge is 0.229 e. The Balaban J connectivity index is 1.67. The van der Waals surface area contributed by atoms with Crippen LogP contribution in [0.1, 0.15) is 18.0 Å². The first-order valence-corrected chi connectivity index (χ1v) is 10.4. The van der Waals surface area contributed by atoms with Crippen molar-refractivity contribution in [3.8, 4) is 10.4 Å². The number of nitrogens with zero attached hydrogens (tertiary/aromatic N) is 6. The number of nitrogens with two attached hydrogens (primary N) is 1. The number of thioether (sulfide) groups is 1. The molecule has 4 aromatic rings. The number of thiophene rings is 1. The Labute approximate surface area is 171 Å². The number of anilines is 2. The largest absolute Gasteiger partial charge is 0.368 e. The minimum absolute atomic E-state index is 0.0397. The molecule has 0 spiro atoms. The first-order chi connectivity index (χ1) is 13.5. The highest BCUT2D eigenvalue weighted by atomic mass is 32.2. The van der Waals surface area contributed by atoms with E-state index in [2.05, 4.69) is 43.1 Å². The minimum atomic E-state index is -0.0397. The van der Waals surface area contributed by atoms with Crippen LogP contribution in [0.5, 0.6) is 0 Å². The summed E-state index contributed by atoms with van der Waals surface area (Å²) in [4.78, 5) is 25.9. The summed E-state index contributed by atoms with van der Waals surface area (Å²) >= 11 is 3.26. The maximum Gasteiger partial charge on any atom is 0.229 e. The van der Waals surface area contributed by atoms with Crippen molar-refractivity contribution in [2.75, 3.05) is 24.7 Å². The number of fused-ring (bicyclic) bond motifs is 1. The fraction of sp³-hybridized carbons (Fsp3) is 0.211. The van der Waals surface area contributed by atoms with Crippen LogP contribution in [0.4, 0.5) is 11.9 Å². The molecule has 4 rings (SSSR count). The summed E-state index contributed by atoms with van der Waals surface area (Å²) in [7, 11) is 3.75. The molecule has 28 heavy (non-hydrogen) atoms. The molecule has 0 saturated heterocycles. The van der Waals surface area contributed by atoms with E-state index in [0.29, 0.717) is 11.8 Å². The average Bonchev–Trinajstić information content (AvgIpc) is 3.13. The van der Waals surface area contributed by atoms with Crippen molar-refractivity contribution in [3.05, 3.63) is 48.5 Å². The second kappa shape index (κ2) is 7.69. The van der Waals surface area contributed by atoms with Gasteiger partial charge < -0.3 is 10.6 Å². The van der Waals surface area contributed by atoms with Gasteiger partial charge in [-0.15, -0.1) is 11.3 Å². The van der Waals surface area contributed by atoms with Crippen LogP contribution in [0, 0.1) is 0 Å². The molecule has 3 aromatic heterocycles. The van der Waals surface area contributed by atoms with Crippen molar-refractivity contribution in [3.63, 3.8) is 0 Å². The molecule has 3 heterocycles. The maximum absolute atomic E-state index is 5.86. The van der Waals surface area contributed by atoms with E-state index in [0.717, 1.165) is 15.2 Å². The Morgan fingerprint density at radius 2 is 1.86 bits per heavy atom. The lowest BCUT2D eigenvalue weighted by molar-refractivity contribution is 0.863. The molecule has 0 fully saturated rings. The Morgan fingerprint density at radius 1 is 1.07 bits per heavy atom. The van der Waals surface area contributed by atoms with E-state index in [4.69, 9.17) is 5.73 Å². The van der Waals surface area contributed by atoms with Gasteiger partial charge in [0.15, 0.2) is 0 Å². The molecule has 0 aliphatic carbocycles. The molecular weight excluding hydrogens is 390 g/mol. The van der Waals surface area contributed by atoms with Crippen molar-refractivity contribution in [1.82, 2.24) is 24.9 Å². The van der Waals surface area contributed by atoms with Gasteiger partial charge in [-0.05, 0) is 18.6 Å². The fourth-order valence-electron chi connectivity index (χ4n) is 2.67. The first-order valence-electron chi connectivity index (χ1n) is 8.66. The van der Waals surface area contributed by atoms with E-state index in [1.54, 1.807) is 29.4 Å². The summed E-state index contributed by atoms with van der Waals surface area (Å²) in [5.41, 5.74) is 7.04. The zero-order valence-electron chi connectivity index (χ0n) is 15.7. The zero-order valence-corrected chi connectivity index (χ0v) is 17.3. The van der Waals surface area contributed by atoms with Gasteiger partial charge in [-0.2, -0.15) is 15.0 Å². The summed E-state index contributed by atoms with van der Waals surface area (Å²) in [6, 6.07) is 12.4. The van der Waals surface area contributed by atoms with E-state index in [-0.39, 0.29) is 11.2 Å². The monoisotopic (exact) mass is 409 g/mol. The van der Waals surface area contributed by atoms with Gasteiger partial charge in [0.05, 0.1) is 5.25 Å². The van der Waals surface area contributed by atoms with Crippen molar-refractivity contribution in [1.29, 1.82) is 0 Å². The molecule has 1 atom stereocenters. The summed E-state index contributed by atoms with van der Waals surface area (Å²) in [6.07, 6.45) is 1.61. The van der Waals surface area contributed by atoms with Crippen LogP contribution in [0.3, 0.4) is 0 Å². The van der Waals surface area contributed by atoms with E-state index in [1.165, 1.54) is 10.4 Å². The van der Waals surface area contributed by atoms with Crippen molar-refractivity contribution >= 4 is 45.2 Å². The van der Waals surface area contributed by atoms with Gasteiger partial charge in [0.1, 0.15) is 22.0 Å². The molecule has 0 bridgehead atoms. The van der Waals surface area contributed by atoms with Gasteiger partial charge in [-0.1, -0.05) is 42.1 Å². The van der Waals surface area contributed by atoms with E-state index >= 15 is 0 Å². The van der Waals surface area contributed by atoms with Crippen LogP contribution in [0.2, 0.25) is 0 Å². The number of nitrogen functional groups attached to an aromatic ring is 1. The van der Waals surface area contributed by atoms with Gasteiger partial charge in [0.2, 0.25) is 11.9 Å². The number of rotatable bonds is 5. The molecule has 0 aliphatic rings. The third-order valence-corrected chi connectivity index (χ3v) is 6.27. The SMILES string of the molecule is CC(Sc1ncnc2sc(-c3ccccc3)cc12)c1nc(N)nc(N(C)C)n1. The topological polar surface area (TPSA) is 93.7 Å². The molecule has 0 amide bonds. The number of aromatic nitrogens is 5. The predicted molar refractivity (Wildman–Crippen MR) is 116 cm³/mol. The second-order valence-electron chi connectivity index (χ2n) is 6.38. The van der Waals surface area contributed by atoms with E-state index in [9.17, 15) is 0 Å². The van der Waals surface area contributed by atoms with Gasteiger partial charge >= 0.3 is 0 Å². The van der Waals surface area contributed by atoms with Gasteiger partial charge in [0.25, 0.3) is 0 Å². The van der Waals surface area contributed by atoms with E-state index in [1.807, 2.05) is 44.1 Å². The highest BCUT2D eigenvalue weighted by molar-refractivity contribution is 7.99. The van der Waals surface area contributed by atoms with Crippen molar-refractivity contribution in [2.45, 2.75) is 17.2 Å². The van der Waals surface area contributed by atoms with Crippen LogP contribution < -0.4 is 10.6 Å². The molecule has 2 N–H and O–H groups in total. The molecule has 1 aromatic carbocycles. The third kappa shape index (κ3) is 3.76. The lowest BCUT2D eigenvalue weighted by Gasteiger charge is -2.14. The predicted octanol–water partition coefficient (Wildman–Crippen LogP) is 4.04. The Kier molecular flexibility index (Phi) is 5.10. The lowest BCUT2D eigenvalue weighted by Crippen LogP contribution is -2.16. The molecular formula is C19H19N7S2. The summed E-state index contributed by atoms with van der Waals surface area (Å²) in [5.74, 6) is 1.40. The van der Waals surface area contributed by atoms with Crippen molar-refractivity contribution < 1.29 is 0 Å². The Bertz CT molecular complexity index is 1110. The van der Waals surface area contributed by atoms with E-state index < -0.39 is 0 Å². The summed E-state index contributed by atoms with van der Waals surface area (Å²) in [6.45, 7) is 2.04. The second-order valence-corrected chi connectivity index (χ2v) is 8.74. The fourth-order valence-corrected chi connectivity index (χ4v) is 4.68. The Hall–Kier alpha value is -2.78. The zero-order chi connectivity index (χ0) is 19.7. The number of hydrogen-bond acceptors (Lipinski definition) is 9. The molecule has 9 heteroatoms. The van der Waals surface area contributed by atoms with Crippen molar-refractivity contribution in [2.24, 2.45) is 0 Å². The van der Waals surface area contributed by atoms with Gasteiger partial charge in [0, 0.05) is 24.4 Å². The molecule has 0 aliphatic heterocycles. The van der Waals surface area contributed by atoms with Crippen LogP contribution in [-0.2, 0) is 0 Å². The standard InChI is InChI=1S/C19H19N7S2/c1-11(15-23-18(20)25-19(24-15)26(2)3)27-16-13-9-14(12-7-5-4-6-8-12)28-17(13)22-10-21-16/h4-11H,1-3H3,(H2,20,23,24,25). The lowest BCUT2D eigenvalue weighted by atomic mass is 10.2. The molecule has 0 saturated carbocycles. The van der Waals surface area contributed by atoms with Gasteiger partial charge in [-0.25, -0.2) is 9.97 Å². The number of hydrogen-bond donors (Lipinski definition) is 1. The number of benzene rings is 1. The first kappa shape index (κ1) is 18.6. The molecule has 7 nitrogen and oxygen atoms in total. The third-order valence-electron chi connectivity index (χ3n) is 4.06. The van der Waals surface area contributed by atoms with Crippen LogP contribution >= 0.6 is 23.1 Å². The summed E-state index contributed by atoms with van der Waals surface area (Å²) in [5, 5.41) is 1.90. The minimum Gasteiger partial charge on any atom is -0.368 e. The normalized spacial score (nSPS) is 12.2. The highest BCUT2D eigenvalue weighted by Gasteiger charge is 2.18. The van der Waals surface area contributed by atoms with Crippen LogP contribution in [-0.4, -0.2) is 39.0 Å². The average molecular weight is 410 g/mol. The highest BCUT2D eigenvalue weighted by Crippen LogP contribution is 2.40. The maximum atomic E-state index is 5.86. The molecule has 0 radical (unpaired) electrons. The molecule has 1 unspecified atom stereocenters. The van der Waals surface area contributed by atoms with Crippen LogP contribution in [0.25, 0.3) is 20.7 Å².